The van der Waals surface area contributed by atoms with Crippen LogP contribution in [0.1, 0.15) is 5.56 Å². The van der Waals surface area contributed by atoms with E-state index >= 15 is 0 Å². The second-order valence-corrected chi connectivity index (χ2v) is 5.43. The number of hydrogen-bond donors (Lipinski definition) is 1. The molecule has 1 fully saturated rings. The number of ether oxygens (including phenoxy) is 1. The average molecular weight is 308 g/mol. The Balaban J connectivity index is 1.76. The van der Waals surface area contributed by atoms with Crippen LogP contribution in [0.2, 0.25) is 0 Å². The van der Waals surface area contributed by atoms with E-state index in [4.69, 9.17) is 4.74 Å². The maximum Gasteiger partial charge on any atom is 0.123 e. The summed E-state index contributed by atoms with van der Waals surface area (Å²) >= 11 is 0. The minimum absolute atomic E-state index is 0.160. The highest BCUT2D eigenvalue weighted by Gasteiger charge is 2.11. The van der Waals surface area contributed by atoms with Gasteiger partial charge in [0, 0.05) is 39.3 Å². The number of aliphatic hydroxyl groups excluding tert-OH is 1. The Morgan fingerprint density at radius 2 is 1.91 bits per heavy atom. The third kappa shape index (κ3) is 6.23. The molecule has 5 heteroatoms. The molecule has 2 rings (SSSR count). The molecule has 0 amide bonds. The molecule has 0 atom stereocenters. The van der Waals surface area contributed by atoms with Crippen molar-refractivity contribution in [3.63, 3.8) is 0 Å². The van der Waals surface area contributed by atoms with Gasteiger partial charge in [-0.25, -0.2) is 4.39 Å². The first-order chi connectivity index (χ1) is 10.8. The van der Waals surface area contributed by atoms with Crippen LogP contribution in [0, 0.1) is 5.82 Å². The van der Waals surface area contributed by atoms with Crippen molar-refractivity contribution in [1.29, 1.82) is 0 Å². The fourth-order valence-electron chi connectivity index (χ4n) is 2.46. The van der Waals surface area contributed by atoms with Gasteiger partial charge in [0.15, 0.2) is 0 Å². The Labute approximate surface area is 131 Å². The molecule has 1 aromatic carbocycles. The van der Waals surface area contributed by atoms with Crippen LogP contribution in [0.4, 0.5) is 4.39 Å². The lowest BCUT2D eigenvalue weighted by molar-refractivity contribution is 0.0331. The van der Waals surface area contributed by atoms with E-state index in [1.807, 2.05) is 6.08 Å². The SMILES string of the molecule is OCCN(C/C=C/c1ccc(F)cc1)CCN1CCOCC1. The Hall–Kier alpha value is -1.27. The van der Waals surface area contributed by atoms with Gasteiger partial charge in [0.25, 0.3) is 0 Å². The molecule has 22 heavy (non-hydrogen) atoms. The summed E-state index contributed by atoms with van der Waals surface area (Å²) in [4.78, 5) is 4.60. The lowest BCUT2D eigenvalue weighted by atomic mass is 10.2. The first-order valence-electron chi connectivity index (χ1n) is 7.83. The molecule has 0 aliphatic carbocycles. The predicted molar refractivity (Wildman–Crippen MR) is 86.2 cm³/mol. The fraction of sp³-hybridized carbons (Fsp3) is 0.529. The van der Waals surface area contributed by atoms with E-state index in [9.17, 15) is 9.50 Å². The number of nitrogens with zero attached hydrogens (tertiary/aromatic N) is 2. The molecular weight excluding hydrogens is 283 g/mol. The topological polar surface area (TPSA) is 35.9 Å². The van der Waals surface area contributed by atoms with Gasteiger partial charge in [0.1, 0.15) is 5.82 Å². The van der Waals surface area contributed by atoms with Crippen molar-refractivity contribution in [3.05, 3.63) is 41.7 Å². The van der Waals surface area contributed by atoms with Gasteiger partial charge in [-0.2, -0.15) is 0 Å². The third-order valence-electron chi connectivity index (χ3n) is 3.80. The largest absolute Gasteiger partial charge is 0.395 e. The molecule has 1 aromatic rings. The molecule has 0 saturated carbocycles. The minimum atomic E-state index is -0.218. The zero-order valence-electron chi connectivity index (χ0n) is 13.0. The molecule has 0 unspecified atom stereocenters. The van der Waals surface area contributed by atoms with Crippen molar-refractivity contribution in [1.82, 2.24) is 9.80 Å². The zero-order valence-corrected chi connectivity index (χ0v) is 13.0. The highest BCUT2D eigenvalue weighted by atomic mass is 19.1. The summed E-state index contributed by atoms with van der Waals surface area (Å²) < 4.78 is 18.2. The van der Waals surface area contributed by atoms with E-state index < -0.39 is 0 Å². The van der Waals surface area contributed by atoms with Crippen LogP contribution in [0.15, 0.2) is 30.3 Å². The Morgan fingerprint density at radius 1 is 1.18 bits per heavy atom. The van der Waals surface area contributed by atoms with E-state index in [1.165, 1.54) is 12.1 Å². The van der Waals surface area contributed by atoms with Gasteiger partial charge in [-0.05, 0) is 17.7 Å². The normalized spacial score (nSPS) is 16.7. The summed E-state index contributed by atoms with van der Waals surface area (Å²) in [5.41, 5.74) is 0.985. The summed E-state index contributed by atoms with van der Waals surface area (Å²) in [6.45, 7) is 7.11. The second-order valence-electron chi connectivity index (χ2n) is 5.43. The van der Waals surface area contributed by atoms with Crippen molar-refractivity contribution in [2.75, 3.05) is 59.1 Å². The number of benzene rings is 1. The summed E-state index contributed by atoms with van der Waals surface area (Å²) in [6.07, 6.45) is 4.04. The number of aliphatic hydroxyl groups is 1. The van der Waals surface area contributed by atoms with Crippen LogP contribution in [-0.2, 0) is 4.74 Å². The molecule has 1 saturated heterocycles. The maximum atomic E-state index is 12.8. The van der Waals surface area contributed by atoms with Crippen LogP contribution in [0.25, 0.3) is 6.08 Å². The summed E-state index contributed by atoms with van der Waals surface area (Å²) in [6, 6.07) is 6.44. The summed E-state index contributed by atoms with van der Waals surface area (Å²) in [7, 11) is 0. The molecule has 122 valence electrons. The Morgan fingerprint density at radius 3 is 2.59 bits per heavy atom. The van der Waals surface area contributed by atoms with Gasteiger partial charge in [-0.15, -0.1) is 0 Å². The first kappa shape index (κ1) is 17.1. The van der Waals surface area contributed by atoms with Gasteiger partial charge >= 0.3 is 0 Å². The van der Waals surface area contributed by atoms with Gasteiger partial charge in [-0.1, -0.05) is 24.3 Å². The monoisotopic (exact) mass is 308 g/mol. The third-order valence-corrected chi connectivity index (χ3v) is 3.80. The van der Waals surface area contributed by atoms with Crippen LogP contribution in [0.5, 0.6) is 0 Å². The number of rotatable bonds is 8. The minimum Gasteiger partial charge on any atom is -0.395 e. The van der Waals surface area contributed by atoms with Crippen molar-refractivity contribution < 1.29 is 14.2 Å². The van der Waals surface area contributed by atoms with Gasteiger partial charge in [0.2, 0.25) is 0 Å². The molecular formula is C17H25FN2O2. The highest BCUT2D eigenvalue weighted by molar-refractivity contribution is 5.48. The van der Waals surface area contributed by atoms with Gasteiger partial charge in [0.05, 0.1) is 19.8 Å². The molecule has 0 radical (unpaired) electrons. The zero-order chi connectivity index (χ0) is 15.6. The van der Waals surface area contributed by atoms with Gasteiger partial charge < -0.3 is 9.84 Å². The Kier molecular flexibility index (Phi) is 7.53. The quantitative estimate of drug-likeness (QED) is 0.789. The van der Waals surface area contributed by atoms with Crippen LogP contribution in [-0.4, -0.2) is 74.0 Å². The maximum absolute atomic E-state index is 12.8. The molecule has 0 aromatic heterocycles. The standard InChI is InChI=1S/C17H25FN2O2/c18-17-5-3-16(4-6-17)2-1-7-19(10-13-21)8-9-20-11-14-22-15-12-20/h1-6,21H,7-15H2/b2-1+. The lowest BCUT2D eigenvalue weighted by Crippen LogP contribution is -2.42. The predicted octanol–water partition coefficient (Wildman–Crippen LogP) is 1.47. The summed E-state index contributed by atoms with van der Waals surface area (Å²) in [5, 5.41) is 9.18. The van der Waals surface area contributed by atoms with Crippen molar-refractivity contribution >= 4 is 6.08 Å². The van der Waals surface area contributed by atoms with Crippen molar-refractivity contribution in [2.45, 2.75) is 0 Å². The van der Waals surface area contributed by atoms with Crippen LogP contribution < -0.4 is 0 Å². The van der Waals surface area contributed by atoms with Crippen LogP contribution >= 0.6 is 0 Å². The average Bonchev–Trinajstić information content (AvgIpc) is 2.55. The molecule has 1 N–H and O–H groups in total. The van der Waals surface area contributed by atoms with Gasteiger partial charge in [-0.3, -0.25) is 9.80 Å². The van der Waals surface area contributed by atoms with Crippen LogP contribution in [0.3, 0.4) is 0 Å². The fourth-order valence-corrected chi connectivity index (χ4v) is 2.46. The second kappa shape index (κ2) is 9.69. The smallest absolute Gasteiger partial charge is 0.123 e. The molecule has 1 heterocycles. The molecule has 0 spiro atoms. The van der Waals surface area contributed by atoms with Crippen molar-refractivity contribution in [3.8, 4) is 0 Å². The number of morpholine rings is 1. The van der Waals surface area contributed by atoms with E-state index in [-0.39, 0.29) is 12.4 Å². The number of hydrogen-bond acceptors (Lipinski definition) is 4. The van der Waals surface area contributed by atoms with E-state index in [1.54, 1.807) is 12.1 Å². The summed E-state index contributed by atoms with van der Waals surface area (Å²) in [5.74, 6) is -0.218. The molecule has 0 bridgehead atoms. The lowest BCUT2D eigenvalue weighted by Gasteiger charge is -2.29. The Bertz CT molecular complexity index is 444. The molecule has 1 aliphatic rings. The van der Waals surface area contributed by atoms with E-state index in [0.717, 1.165) is 51.5 Å². The van der Waals surface area contributed by atoms with E-state index in [2.05, 4.69) is 15.9 Å². The number of halogens is 1. The van der Waals surface area contributed by atoms with E-state index in [0.29, 0.717) is 6.54 Å². The molecule has 4 nitrogen and oxygen atoms in total. The highest BCUT2D eigenvalue weighted by Crippen LogP contribution is 2.05. The molecule has 1 aliphatic heterocycles. The van der Waals surface area contributed by atoms with Crippen molar-refractivity contribution in [2.24, 2.45) is 0 Å². The first-order valence-corrected chi connectivity index (χ1v) is 7.83.